The molecular weight excluding hydrogens is 364 g/mol. The number of esters is 1. The largest absolute Gasteiger partial charge is 0.496 e. The molecule has 138 valence electrons. The van der Waals surface area contributed by atoms with Crippen LogP contribution in [0, 0.1) is 11.3 Å². The highest BCUT2D eigenvalue weighted by molar-refractivity contribution is 7.17. The van der Waals surface area contributed by atoms with Crippen LogP contribution in [0.5, 0.6) is 5.75 Å². The van der Waals surface area contributed by atoms with Crippen LogP contribution in [-0.2, 0) is 22.4 Å². The Bertz CT molecular complexity index is 969. The molecule has 0 unspecified atom stereocenters. The number of ether oxygens (including phenoxy) is 2. The second-order valence-electron chi connectivity index (χ2n) is 5.92. The number of fused-ring (bicyclic) bond motifs is 1. The van der Waals surface area contributed by atoms with Crippen molar-refractivity contribution in [3.05, 3.63) is 51.4 Å². The lowest BCUT2D eigenvalue weighted by molar-refractivity contribution is -0.112. The molecule has 1 aromatic heterocycles. The molecule has 0 atom stereocenters. The first-order chi connectivity index (χ1) is 13.1. The van der Waals surface area contributed by atoms with Crippen molar-refractivity contribution in [2.45, 2.75) is 19.3 Å². The van der Waals surface area contributed by atoms with Gasteiger partial charge in [0.2, 0.25) is 0 Å². The van der Waals surface area contributed by atoms with E-state index in [1.165, 1.54) is 31.6 Å². The summed E-state index contributed by atoms with van der Waals surface area (Å²) >= 11 is 1.37. The molecule has 0 saturated heterocycles. The third kappa shape index (κ3) is 3.71. The molecule has 1 aromatic carbocycles. The van der Waals surface area contributed by atoms with E-state index >= 15 is 0 Å². The number of nitriles is 1. The highest BCUT2D eigenvalue weighted by Gasteiger charge is 2.28. The van der Waals surface area contributed by atoms with Gasteiger partial charge < -0.3 is 14.8 Å². The van der Waals surface area contributed by atoms with Crippen LogP contribution >= 0.6 is 11.3 Å². The number of rotatable bonds is 5. The summed E-state index contributed by atoms with van der Waals surface area (Å²) < 4.78 is 10.1. The molecular formula is C20H18N2O4S. The van der Waals surface area contributed by atoms with Crippen molar-refractivity contribution in [1.82, 2.24) is 0 Å². The topological polar surface area (TPSA) is 88.4 Å². The van der Waals surface area contributed by atoms with Gasteiger partial charge in [-0.05, 0) is 37.0 Å². The number of carbonyl (C=O) groups is 2. The zero-order valence-corrected chi connectivity index (χ0v) is 15.8. The Morgan fingerprint density at radius 3 is 2.74 bits per heavy atom. The smallest absolute Gasteiger partial charge is 0.341 e. The van der Waals surface area contributed by atoms with E-state index in [9.17, 15) is 14.9 Å². The van der Waals surface area contributed by atoms with Gasteiger partial charge in [0, 0.05) is 10.4 Å². The first-order valence-corrected chi connectivity index (χ1v) is 9.19. The number of benzene rings is 1. The molecule has 7 heteroatoms. The van der Waals surface area contributed by atoms with Gasteiger partial charge in [-0.15, -0.1) is 11.3 Å². The third-order valence-corrected chi connectivity index (χ3v) is 5.55. The average Bonchev–Trinajstić information content (AvgIpc) is 3.26. The monoisotopic (exact) mass is 382 g/mol. The summed E-state index contributed by atoms with van der Waals surface area (Å²) in [6.07, 6.45) is 4.11. The molecule has 0 saturated carbocycles. The van der Waals surface area contributed by atoms with Crippen molar-refractivity contribution in [1.29, 1.82) is 5.26 Å². The molecule has 1 amide bonds. The van der Waals surface area contributed by atoms with Gasteiger partial charge >= 0.3 is 5.97 Å². The van der Waals surface area contributed by atoms with Crippen LogP contribution in [0.4, 0.5) is 5.00 Å². The maximum absolute atomic E-state index is 12.6. The molecule has 1 N–H and O–H groups in total. The molecule has 0 fully saturated rings. The number of hydrogen-bond acceptors (Lipinski definition) is 6. The number of carbonyl (C=O) groups excluding carboxylic acids is 2. The molecule has 0 spiro atoms. The maximum Gasteiger partial charge on any atom is 0.341 e. The Morgan fingerprint density at radius 1 is 1.26 bits per heavy atom. The minimum atomic E-state index is -0.575. The fraction of sp³-hybridized carbons (Fsp3) is 0.250. The zero-order valence-electron chi connectivity index (χ0n) is 15.0. The normalized spacial score (nSPS) is 12.9. The molecule has 27 heavy (non-hydrogen) atoms. The molecule has 0 aliphatic heterocycles. The van der Waals surface area contributed by atoms with E-state index in [1.54, 1.807) is 24.3 Å². The Hall–Kier alpha value is -3.11. The van der Waals surface area contributed by atoms with Crippen LogP contribution in [0.15, 0.2) is 29.8 Å². The van der Waals surface area contributed by atoms with Gasteiger partial charge in [-0.2, -0.15) is 5.26 Å². The van der Waals surface area contributed by atoms with Gasteiger partial charge in [0.1, 0.15) is 22.4 Å². The average molecular weight is 382 g/mol. The Morgan fingerprint density at radius 2 is 2.04 bits per heavy atom. The third-order valence-electron chi connectivity index (χ3n) is 4.34. The lowest BCUT2D eigenvalue weighted by atomic mass is 10.1. The standard InChI is InChI=1S/C20H18N2O4S/c1-25-15-8-4-3-6-12(15)10-13(11-21)18(23)22-19-17(20(24)26-2)14-7-5-9-16(14)27-19/h3-4,6,8,10H,5,7,9H2,1-2H3,(H,22,23)/b13-10+. The van der Waals surface area contributed by atoms with E-state index < -0.39 is 11.9 Å². The van der Waals surface area contributed by atoms with E-state index in [0.717, 1.165) is 29.7 Å². The van der Waals surface area contributed by atoms with Crippen LogP contribution in [0.3, 0.4) is 0 Å². The molecule has 2 aromatic rings. The number of nitrogens with one attached hydrogen (secondary N) is 1. The Kier molecular flexibility index (Phi) is 5.57. The molecule has 1 aliphatic carbocycles. The van der Waals surface area contributed by atoms with Crippen molar-refractivity contribution in [3.8, 4) is 11.8 Å². The number of hydrogen-bond donors (Lipinski definition) is 1. The zero-order chi connectivity index (χ0) is 19.4. The first-order valence-electron chi connectivity index (χ1n) is 8.38. The van der Waals surface area contributed by atoms with Gasteiger partial charge in [0.25, 0.3) is 5.91 Å². The summed E-state index contributed by atoms with van der Waals surface area (Å²) in [4.78, 5) is 25.9. The SMILES string of the molecule is COC(=O)c1c(NC(=O)/C(C#N)=C/c2ccccc2OC)sc2c1CCC2. The molecule has 3 rings (SSSR count). The fourth-order valence-corrected chi connectivity index (χ4v) is 4.34. The van der Waals surface area contributed by atoms with Crippen LogP contribution in [0.25, 0.3) is 6.08 Å². The number of amides is 1. The van der Waals surface area contributed by atoms with Crippen LogP contribution in [0.1, 0.15) is 32.8 Å². The van der Waals surface area contributed by atoms with Gasteiger partial charge in [0.15, 0.2) is 0 Å². The molecule has 0 radical (unpaired) electrons. The first kappa shape index (κ1) is 18.7. The second-order valence-corrected chi connectivity index (χ2v) is 7.02. The Labute approximate surface area is 161 Å². The summed E-state index contributed by atoms with van der Waals surface area (Å²) in [6.45, 7) is 0. The van der Waals surface area contributed by atoms with Gasteiger partial charge in [-0.25, -0.2) is 4.79 Å². The molecule has 1 aliphatic rings. The lowest BCUT2D eigenvalue weighted by Crippen LogP contribution is -2.15. The van der Waals surface area contributed by atoms with E-state index in [1.807, 2.05) is 6.07 Å². The van der Waals surface area contributed by atoms with E-state index in [2.05, 4.69) is 5.32 Å². The van der Waals surface area contributed by atoms with Crippen LogP contribution < -0.4 is 10.1 Å². The molecule has 6 nitrogen and oxygen atoms in total. The van der Waals surface area contributed by atoms with Gasteiger partial charge in [-0.1, -0.05) is 18.2 Å². The van der Waals surface area contributed by atoms with Crippen molar-refractivity contribution in [2.24, 2.45) is 0 Å². The minimum Gasteiger partial charge on any atom is -0.496 e. The van der Waals surface area contributed by atoms with E-state index in [0.29, 0.717) is 21.9 Å². The van der Waals surface area contributed by atoms with Crippen molar-refractivity contribution in [2.75, 3.05) is 19.5 Å². The summed E-state index contributed by atoms with van der Waals surface area (Å²) in [5.74, 6) is -0.492. The second kappa shape index (κ2) is 8.06. The fourth-order valence-electron chi connectivity index (χ4n) is 3.07. The molecule has 1 heterocycles. The number of para-hydroxylation sites is 1. The van der Waals surface area contributed by atoms with Gasteiger partial charge in [0.05, 0.1) is 19.8 Å². The summed E-state index contributed by atoms with van der Waals surface area (Å²) in [6, 6.07) is 9.01. The maximum atomic E-state index is 12.6. The van der Waals surface area contributed by atoms with Gasteiger partial charge in [-0.3, -0.25) is 4.79 Å². The van der Waals surface area contributed by atoms with Crippen LogP contribution in [0.2, 0.25) is 0 Å². The number of thiophene rings is 1. The summed E-state index contributed by atoms with van der Waals surface area (Å²) in [7, 11) is 2.84. The summed E-state index contributed by atoms with van der Waals surface area (Å²) in [5.41, 5.74) is 1.88. The van der Waals surface area contributed by atoms with Crippen molar-refractivity contribution >= 4 is 34.3 Å². The number of anilines is 1. The van der Waals surface area contributed by atoms with E-state index in [4.69, 9.17) is 9.47 Å². The van der Waals surface area contributed by atoms with Crippen molar-refractivity contribution < 1.29 is 19.1 Å². The predicted octanol–water partition coefficient (Wildman–Crippen LogP) is 3.58. The highest BCUT2D eigenvalue weighted by atomic mass is 32.1. The summed E-state index contributed by atoms with van der Waals surface area (Å²) in [5, 5.41) is 12.6. The molecule has 0 bridgehead atoms. The predicted molar refractivity (Wildman–Crippen MR) is 103 cm³/mol. The number of aryl methyl sites for hydroxylation is 1. The number of methoxy groups -OCH3 is 2. The van der Waals surface area contributed by atoms with Crippen molar-refractivity contribution in [3.63, 3.8) is 0 Å². The number of nitrogens with zero attached hydrogens (tertiary/aromatic N) is 1. The minimum absolute atomic E-state index is 0.0797. The van der Waals surface area contributed by atoms with Crippen LogP contribution in [-0.4, -0.2) is 26.1 Å². The Balaban J connectivity index is 1.92. The quantitative estimate of drug-likeness (QED) is 0.485. The van der Waals surface area contributed by atoms with E-state index in [-0.39, 0.29) is 5.57 Å². The highest BCUT2D eigenvalue weighted by Crippen LogP contribution is 2.39. The lowest BCUT2D eigenvalue weighted by Gasteiger charge is -2.07.